The number of nitrogens with two attached hydrogens (primary N) is 1. The Hall–Kier alpha value is -2.43. The zero-order valence-corrected chi connectivity index (χ0v) is 10.8. The number of hydrogen-bond donors (Lipinski definition) is 1. The van der Waals surface area contributed by atoms with Crippen LogP contribution >= 0.6 is 0 Å². The maximum Gasteiger partial charge on any atom is 0.340 e. The predicted octanol–water partition coefficient (Wildman–Crippen LogP) is 3.21. The number of anilines is 1. The summed E-state index contributed by atoms with van der Waals surface area (Å²) >= 11 is 0. The van der Waals surface area contributed by atoms with Gasteiger partial charge in [0.2, 0.25) is 0 Å². The van der Waals surface area contributed by atoms with Crippen LogP contribution in [0.3, 0.4) is 0 Å². The van der Waals surface area contributed by atoms with Crippen LogP contribution in [0.15, 0.2) is 36.4 Å². The Morgan fingerprint density at radius 2 is 1.75 bits per heavy atom. The molecule has 0 amide bonds. The highest BCUT2D eigenvalue weighted by atomic mass is 19.1. The van der Waals surface area contributed by atoms with Gasteiger partial charge in [0.1, 0.15) is 18.2 Å². The monoisotopic (exact) mass is 277 g/mol. The van der Waals surface area contributed by atoms with E-state index in [2.05, 4.69) is 0 Å². The molecular weight excluding hydrogens is 264 g/mol. The Balaban J connectivity index is 2.17. The van der Waals surface area contributed by atoms with Crippen molar-refractivity contribution in [3.8, 4) is 0 Å². The average Bonchev–Trinajstić information content (AvgIpc) is 2.38. The molecule has 0 aliphatic rings. The fourth-order valence-electron chi connectivity index (χ4n) is 1.85. The quantitative estimate of drug-likeness (QED) is 0.692. The molecule has 20 heavy (non-hydrogen) atoms. The van der Waals surface area contributed by atoms with E-state index < -0.39 is 24.2 Å². The van der Waals surface area contributed by atoms with Crippen molar-refractivity contribution in [2.75, 3.05) is 5.73 Å². The molecule has 2 aromatic rings. The predicted molar refractivity (Wildman–Crippen MR) is 71.1 cm³/mol. The molecule has 0 aliphatic carbocycles. The van der Waals surface area contributed by atoms with Crippen molar-refractivity contribution in [3.63, 3.8) is 0 Å². The lowest BCUT2D eigenvalue weighted by atomic mass is 10.1. The minimum atomic E-state index is -0.754. The molecule has 5 heteroatoms. The fourth-order valence-corrected chi connectivity index (χ4v) is 1.85. The molecular formula is C15H13F2NO2. The van der Waals surface area contributed by atoms with Gasteiger partial charge in [0, 0.05) is 5.69 Å². The highest BCUT2D eigenvalue weighted by Crippen LogP contribution is 2.19. The number of carbonyl (C=O) groups is 1. The van der Waals surface area contributed by atoms with Crippen LogP contribution in [0.5, 0.6) is 0 Å². The van der Waals surface area contributed by atoms with Crippen molar-refractivity contribution in [2.45, 2.75) is 13.5 Å². The number of rotatable bonds is 3. The van der Waals surface area contributed by atoms with Crippen molar-refractivity contribution >= 4 is 11.7 Å². The molecule has 0 atom stereocenters. The van der Waals surface area contributed by atoms with E-state index in [1.165, 1.54) is 6.07 Å². The molecule has 0 heterocycles. The summed E-state index contributed by atoms with van der Waals surface area (Å²) in [5, 5.41) is 0. The SMILES string of the molecule is Cc1cccc(N)c1C(=O)OCc1c(F)cccc1F. The summed E-state index contributed by atoms with van der Waals surface area (Å²) in [6.45, 7) is 1.22. The number of esters is 1. The average molecular weight is 277 g/mol. The molecule has 0 unspecified atom stereocenters. The second-order valence-electron chi connectivity index (χ2n) is 4.32. The summed E-state index contributed by atoms with van der Waals surface area (Å²) in [7, 11) is 0. The van der Waals surface area contributed by atoms with Gasteiger partial charge in [0.05, 0.1) is 11.1 Å². The first kappa shape index (κ1) is 14.0. The molecule has 2 aromatic carbocycles. The van der Waals surface area contributed by atoms with Crippen LogP contribution in [-0.4, -0.2) is 5.97 Å². The lowest BCUT2D eigenvalue weighted by Crippen LogP contribution is -2.11. The van der Waals surface area contributed by atoms with E-state index in [0.717, 1.165) is 12.1 Å². The largest absolute Gasteiger partial charge is 0.457 e. The van der Waals surface area contributed by atoms with E-state index in [1.54, 1.807) is 25.1 Å². The minimum Gasteiger partial charge on any atom is -0.457 e. The number of benzene rings is 2. The van der Waals surface area contributed by atoms with Crippen LogP contribution in [-0.2, 0) is 11.3 Å². The van der Waals surface area contributed by atoms with Gasteiger partial charge in [0.25, 0.3) is 0 Å². The summed E-state index contributed by atoms with van der Waals surface area (Å²) in [6.07, 6.45) is 0. The van der Waals surface area contributed by atoms with Gasteiger partial charge in [-0.05, 0) is 30.7 Å². The van der Waals surface area contributed by atoms with Crippen molar-refractivity contribution in [1.82, 2.24) is 0 Å². The van der Waals surface area contributed by atoms with Crippen molar-refractivity contribution in [3.05, 3.63) is 64.7 Å². The Morgan fingerprint density at radius 1 is 1.15 bits per heavy atom. The Kier molecular flexibility index (Phi) is 3.98. The number of aryl methyl sites for hydroxylation is 1. The van der Waals surface area contributed by atoms with Gasteiger partial charge in [-0.3, -0.25) is 0 Å². The van der Waals surface area contributed by atoms with Crippen molar-refractivity contribution < 1.29 is 18.3 Å². The fraction of sp³-hybridized carbons (Fsp3) is 0.133. The second kappa shape index (κ2) is 5.69. The maximum absolute atomic E-state index is 13.4. The molecule has 0 bridgehead atoms. The Labute approximate surface area is 115 Å². The smallest absolute Gasteiger partial charge is 0.340 e. The molecule has 0 saturated heterocycles. The molecule has 0 spiro atoms. The van der Waals surface area contributed by atoms with Crippen LogP contribution in [0.4, 0.5) is 14.5 Å². The van der Waals surface area contributed by atoms with E-state index >= 15 is 0 Å². The van der Waals surface area contributed by atoms with E-state index in [4.69, 9.17) is 10.5 Å². The molecule has 2 rings (SSSR count). The first-order valence-electron chi connectivity index (χ1n) is 5.96. The van der Waals surface area contributed by atoms with E-state index in [1.807, 2.05) is 0 Å². The van der Waals surface area contributed by atoms with Gasteiger partial charge in [0.15, 0.2) is 0 Å². The number of halogens is 2. The molecule has 0 saturated carbocycles. The lowest BCUT2D eigenvalue weighted by Gasteiger charge is -2.10. The third-order valence-electron chi connectivity index (χ3n) is 2.92. The van der Waals surface area contributed by atoms with Gasteiger partial charge in [-0.1, -0.05) is 18.2 Å². The standard InChI is InChI=1S/C15H13F2NO2/c1-9-4-2-7-13(18)14(9)15(19)20-8-10-11(16)5-3-6-12(10)17/h2-7H,8,18H2,1H3. The van der Waals surface area contributed by atoms with Gasteiger partial charge < -0.3 is 10.5 Å². The molecule has 0 radical (unpaired) electrons. The lowest BCUT2D eigenvalue weighted by molar-refractivity contribution is 0.0465. The third kappa shape index (κ3) is 2.77. The van der Waals surface area contributed by atoms with Crippen molar-refractivity contribution in [1.29, 1.82) is 0 Å². The minimum absolute atomic E-state index is 0.212. The summed E-state index contributed by atoms with van der Waals surface area (Å²) < 4.78 is 31.8. The normalized spacial score (nSPS) is 10.3. The Bertz CT molecular complexity index is 616. The number of hydrogen-bond acceptors (Lipinski definition) is 3. The summed E-state index contributed by atoms with van der Waals surface area (Å²) in [5.41, 5.74) is 6.54. The molecule has 0 aliphatic heterocycles. The highest BCUT2D eigenvalue weighted by molar-refractivity contribution is 5.96. The first-order chi connectivity index (χ1) is 9.50. The van der Waals surface area contributed by atoms with Crippen molar-refractivity contribution in [2.24, 2.45) is 0 Å². The summed E-state index contributed by atoms with van der Waals surface area (Å²) in [4.78, 5) is 11.9. The second-order valence-corrected chi connectivity index (χ2v) is 4.32. The summed E-state index contributed by atoms with van der Waals surface area (Å²) in [5.74, 6) is -2.21. The number of ether oxygens (including phenoxy) is 1. The Morgan fingerprint density at radius 3 is 2.35 bits per heavy atom. The van der Waals surface area contributed by atoms with Crippen LogP contribution < -0.4 is 5.73 Å². The summed E-state index contributed by atoms with van der Waals surface area (Å²) in [6, 6.07) is 8.43. The van der Waals surface area contributed by atoms with Gasteiger partial charge in [-0.25, -0.2) is 13.6 Å². The zero-order valence-electron chi connectivity index (χ0n) is 10.8. The van der Waals surface area contributed by atoms with Gasteiger partial charge in [-0.15, -0.1) is 0 Å². The highest BCUT2D eigenvalue weighted by Gasteiger charge is 2.16. The van der Waals surface area contributed by atoms with Crippen LogP contribution in [0.25, 0.3) is 0 Å². The molecule has 3 nitrogen and oxygen atoms in total. The van der Waals surface area contributed by atoms with Crippen LogP contribution in [0.2, 0.25) is 0 Å². The molecule has 0 fully saturated rings. The van der Waals surface area contributed by atoms with E-state index in [-0.39, 0.29) is 16.8 Å². The number of carbonyl (C=O) groups excluding carboxylic acids is 1. The maximum atomic E-state index is 13.4. The third-order valence-corrected chi connectivity index (χ3v) is 2.92. The number of nitrogen functional groups attached to an aromatic ring is 1. The molecule has 0 aromatic heterocycles. The van der Waals surface area contributed by atoms with Gasteiger partial charge >= 0.3 is 5.97 Å². The first-order valence-corrected chi connectivity index (χ1v) is 5.96. The molecule has 2 N–H and O–H groups in total. The van der Waals surface area contributed by atoms with E-state index in [0.29, 0.717) is 5.56 Å². The van der Waals surface area contributed by atoms with Crippen LogP contribution in [0, 0.1) is 18.6 Å². The topological polar surface area (TPSA) is 52.3 Å². The van der Waals surface area contributed by atoms with E-state index in [9.17, 15) is 13.6 Å². The zero-order chi connectivity index (χ0) is 14.7. The van der Waals surface area contributed by atoms with Gasteiger partial charge in [-0.2, -0.15) is 0 Å². The van der Waals surface area contributed by atoms with Crippen LogP contribution in [0.1, 0.15) is 21.5 Å². The molecule has 104 valence electrons.